The summed E-state index contributed by atoms with van der Waals surface area (Å²) in [7, 11) is -3.66. The summed E-state index contributed by atoms with van der Waals surface area (Å²) in [6, 6.07) is 7.26. The van der Waals surface area contributed by atoms with E-state index in [1.54, 1.807) is 0 Å². The van der Waals surface area contributed by atoms with E-state index in [2.05, 4.69) is 16.0 Å². The molecule has 0 atom stereocenters. The van der Waals surface area contributed by atoms with E-state index < -0.39 is 10.0 Å². The molecule has 1 amide bonds. The molecule has 0 saturated carbocycles. The second-order valence-electron chi connectivity index (χ2n) is 3.72. The summed E-state index contributed by atoms with van der Waals surface area (Å²) in [5, 5.41) is 10.8. The first-order valence-electron chi connectivity index (χ1n) is 5.69. The summed E-state index contributed by atoms with van der Waals surface area (Å²) in [5.74, 6) is 1.90. The number of nitrogens with zero attached hydrogens (tertiary/aromatic N) is 1. The number of terminal acetylenes is 1. The Kier molecular flexibility index (Phi) is 5.73. The molecule has 104 valence electrons. The molecule has 0 spiro atoms. The predicted octanol–water partition coefficient (Wildman–Crippen LogP) is 0.242. The quantitative estimate of drug-likeness (QED) is 0.579. The molecule has 0 bridgehead atoms. The van der Waals surface area contributed by atoms with Gasteiger partial charge in [-0.15, -0.1) is 6.42 Å². The van der Waals surface area contributed by atoms with Crippen LogP contribution in [0.1, 0.15) is 16.8 Å². The van der Waals surface area contributed by atoms with Crippen molar-refractivity contribution in [2.24, 2.45) is 0 Å². The number of sulfonamides is 1. The molecule has 1 aromatic rings. The molecular formula is C13H13N3O3S. The summed E-state index contributed by atoms with van der Waals surface area (Å²) in [6.45, 7) is 0.151. The van der Waals surface area contributed by atoms with Crippen molar-refractivity contribution < 1.29 is 13.2 Å². The van der Waals surface area contributed by atoms with Gasteiger partial charge in [0, 0.05) is 18.5 Å². The van der Waals surface area contributed by atoms with Gasteiger partial charge >= 0.3 is 0 Å². The first-order valence-corrected chi connectivity index (χ1v) is 7.18. The molecule has 1 rings (SSSR count). The minimum atomic E-state index is -3.66. The molecule has 0 aliphatic heterocycles. The van der Waals surface area contributed by atoms with E-state index in [0.29, 0.717) is 5.56 Å². The van der Waals surface area contributed by atoms with Gasteiger partial charge in [0.15, 0.2) is 0 Å². The van der Waals surface area contributed by atoms with E-state index in [0.717, 1.165) is 0 Å². The Labute approximate surface area is 117 Å². The van der Waals surface area contributed by atoms with Gasteiger partial charge < -0.3 is 5.32 Å². The molecule has 0 unspecified atom stereocenters. The lowest BCUT2D eigenvalue weighted by atomic mass is 10.2. The average molecular weight is 291 g/mol. The minimum Gasteiger partial charge on any atom is -0.341 e. The van der Waals surface area contributed by atoms with Crippen molar-refractivity contribution in [2.75, 3.05) is 13.1 Å². The predicted molar refractivity (Wildman–Crippen MR) is 73.0 cm³/mol. The van der Waals surface area contributed by atoms with Gasteiger partial charge in [0.2, 0.25) is 10.0 Å². The standard InChI is InChI=1S/C13H13N3O3S/c1-2-9-15-13(17)11-4-6-12(7-5-11)20(18,19)16-10-3-8-14/h1,4-7,16H,3,9-10H2,(H,15,17). The number of hydrogen-bond donors (Lipinski definition) is 2. The Balaban J connectivity index is 2.78. The van der Waals surface area contributed by atoms with Crippen molar-refractivity contribution >= 4 is 15.9 Å². The van der Waals surface area contributed by atoms with E-state index in [-0.39, 0.29) is 30.3 Å². The van der Waals surface area contributed by atoms with Crippen LogP contribution in [0.25, 0.3) is 0 Å². The van der Waals surface area contributed by atoms with Crippen molar-refractivity contribution in [2.45, 2.75) is 11.3 Å². The molecule has 2 N–H and O–H groups in total. The fraction of sp³-hybridized carbons (Fsp3) is 0.231. The van der Waals surface area contributed by atoms with Gasteiger partial charge in [0.05, 0.1) is 17.5 Å². The molecule has 0 fully saturated rings. The normalized spacial score (nSPS) is 10.3. The molecule has 0 saturated heterocycles. The van der Waals surface area contributed by atoms with Gasteiger partial charge in [0.25, 0.3) is 5.91 Å². The zero-order valence-corrected chi connectivity index (χ0v) is 11.4. The van der Waals surface area contributed by atoms with Crippen LogP contribution in [0.5, 0.6) is 0 Å². The van der Waals surface area contributed by atoms with Crippen molar-refractivity contribution in [1.82, 2.24) is 10.0 Å². The maximum Gasteiger partial charge on any atom is 0.252 e. The third kappa shape index (κ3) is 4.39. The maximum absolute atomic E-state index is 11.8. The smallest absolute Gasteiger partial charge is 0.252 e. The lowest BCUT2D eigenvalue weighted by molar-refractivity contribution is 0.0958. The highest BCUT2D eigenvalue weighted by atomic mass is 32.2. The number of benzene rings is 1. The lowest BCUT2D eigenvalue weighted by Crippen LogP contribution is -2.25. The number of rotatable bonds is 6. The summed E-state index contributed by atoms with van der Waals surface area (Å²) < 4.78 is 25.9. The first kappa shape index (κ1) is 15.7. The zero-order valence-electron chi connectivity index (χ0n) is 10.6. The molecule has 1 aromatic carbocycles. The largest absolute Gasteiger partial charge is 0.341 e. The van der Waals surface area contributed by atoms with Gasteiger partial charge in [-0.25, -0.2) is 13.1 Å². The summed E-state index contributed by atoms with van der Waals surface area (Å²) in [6.07, 6.45) is 5.11. The number of amides is 1. The van der Waals surface area contributed by atoms with Gasteiger partial charge in [0.1, 0.15) is 0 Å². The van der Waals surface area contributed by atoms with Gasteiger partial charge in [-0.2, -0.15) is 5.26 Å². The number of carbonyl (C=O) groups excluding carboxylic acids is 1. The van der Waals surface area contributed by atoms with Crippen LogP contribution in [0.2, 0.25) is 0 Å². The molecule has 0 radical (unpaired) electrons. The second kappa shape index (κ2) is 7.29. The minimum absolute atomic E-state index is 0.0314. The Morgan fingerprint density at radius 3 is 2.50 bits per heavy atom. The zero-order chi connectivity index (χ0) is 15.0. The molecule has 0 aromatic heterocycles. The maximum atomic E-state index is 11.8. The Bertz CT molecular complexity index is 652. The Morgan fingerprint density at radius 2 is 1.95 bits per heavy atom. The summed E-state index contributed by atoms with van der Waals surface area (Å²) in [5.41, 5.74) is 0.316. The van der Waals surface area contributed by atoms with Crippen molar-refractivity contribution in [3.05, 3.63) is 29.8 Å². The Morgan fingerprint density at radius 1 is 1.30 bits per heavy atom. The lowest BCUT2D eigenvalue weighted by Gasteiger charge is -2.06. The SMILES string of the molecule is C#CCNC(=O)c1ccc(S(=O)(=O)NCCC#N)cc1. The van der Waals surface area contributed by atoms with Crippen molar-refractivity contribution in [3.63, 3.8) is 0 Å². The number of nitriles is 1. The highest BCUT2D eigenvalue weighted by Crippen LogP contribution is 2.10. The van der Waals surface area contributed by atoms with Crippen LogP contribution in [-0.2, 0) is 10.0 Å². The van der Waals surface area contributed by atoms with Crippen LogP contribution in [-0.4, -0.2) is 27.4 Å². The van der Waals surface area contributed by atoms with Gasteiger partial charge in [-0.1, -0.05) is 5.92 Å². The molecule has 20 heavy (non-hydrogen) atoms. The highest BCUT2D eigenvalue weighted by molar-refractivity contribution is 7.89. The fourth-order valence-electron chi connectivity index (χ4n) is 1.34. The van der Waals surface area contributed by atoms with Crippen LogP contribution in [0, 0.1) is 23.7 Å². The Hall–Kier alpha value is -2.35. The number of carbonyl (C=O) groups is 1. The van der Waals surface area contributed by atoms with E-state index in [1.165, 1.54) is 24.3 Å². The van der Waals surface area contributed by atoms with E-state index in [9.17, 15) is 13.2 Å². The average Bonchev–Trinajstić information content (AvgIpc) is 2.45. The number of nitrogens with one attached hydrogen (secondary N) is 2. The third-order valence-corrected chi connectivity index (χ3v) is 3.78. The van der Waals surface area contributed by atoms with Crippen molar-refractivity contribution in [1.29, 1.82) is 5.26 Å². The van der Waals surface area contributed by atoms with Gasteiger partial charge in [-0.05, 0) is 24.3 Å². The second-order valence-corrected chi connectivity index (χ2v) is 5.48. The van der Waals surface area contributed by atoms with Crippen LogP contribution >= 0.6 is 0 Å². The van der Waals surface area contributed by atoms with Crippen LogP contribution in [0.15, 0.2) is 29.2 Å². The van der Waals surface area contributed by atoms with Crippen LogP contribution in [0.3, 0.4) is 0 Å². The molecule has 0 heterocycles. The van der Waals surface area contributed by atoms with E-state index in [1.807, 2.05) is 6.07 Å². The first-order chi connectivity index (χ1) is 9.51. The fourth-order valence-corrected chi connectivity index (χ4v) is 2.38. The van der Waals surface area contributed by atoms with Gasteiger partial charge in [-0.3, -0.25) is 4.79 Å². The molecule has 0 aliphatic carbocycles. The van der Waals surface area contributed by atoms with Crippen LogP contribution in [0.4, 0.5) is 0 Å². The van der Waals surface area contributed by atoms with E-state index in [4.69, 9.17) is 11.7 Å². The van der Waals surface area contributed by atoms with E-state index >= 15 is 0 Å². The molecule has 0 aliphatic rings. The summed E-state index contributed by atoms with van der Waals surface area (Å²) >= 11 is 0. The summed E-state index contributed by atoms with van der Waals surface area (Å²) in [4.78, 5) is 11.6. The molecule has 7 heteroatoms. The molecular weight excluding hydrogens is 278 g/mol. The van der Waals surface area contributed by atoms with Crippen molar-refractivity contribution in [3.8, 4) is 18.4 Å². The highest BCUT2D eigenvalue weighted by Gasteiger charge is 2.14. The van der Waals surface area contributed by atoms with Crippen LogP contribution < -0.4 is 10.0 Å². The number of hydrogen-bond acceptors (Lipinski definition) is 4. The molecule has 6 nitrogen and oxygen atoms in total. The topological polar surface area (TPSA) is 99.1 Å². The monoisotopic (exact) mass is 291 g/mol. The third-order valence-electron chi connectivity index (χ3n) is 2.31.